The molecule has 2 atom stereocenters. The number of anilines is 1. The Bertz CT molecular complexity index is 383. The lowest BCUT2D eigenvalue weighted by Crippen LogP contribution is -2.41. The van der Waals surface area contributed by atoms with Crippen molar-refractivity contribution < 1.29 is 0 Å². The zero-order chi connectivity index (χ0) is 11.0. The second-order valence-corrected chi connectivity index (χ2v) is 4.70. The fourth-order valence-corrected chi connectivity index (χ4v) is 3.04. The van der Waals surface area contributed by atoms with Crippen LogP contribution in [0.25, 0.3) is 0 Å². The highest BCUT2D eigenvalue weighted by molar-refractivity contribution is 5.39. The molecule has 84 valence electrons. The van der Waals surface area contributed by atoms with Crippen molar-refractivity contribution in [3.63, 3.8) is 0 Å². The van der Waals surface area contributed by atoms with Crippen molar-refractivity contribution in [2.75, 3.05) is 4.90 Å². The Hall–Kier alpha value is -1.38. The Morgan fingerprint density at radius 3 is 2.38 bits per heavy atom. The number of rotatable bonds is 1. The van der Waals surface area contributed by atoms with E-state index in [9.17, 15) is 0 Å². The molecule has 0 radical (unpaired) electrons. The molecular formula is C13H17N3. The second kappa shape index (κ2) is 3.89. The van der Waals surface area contributed by atoms with Crippen LogP contribution in [0.3, 0.4) is 0 Å². The highest BCUT2D eigenvalue weighted by Crippen LogP contribution is 2.39. The van der Waals surface area contributed by atoms with Gasteiger partial charge in [0, 0.05) is 24.5 Å². The lowest BCUT2D eigenvalue weighted by atomic mass is 9.97. The summed E-state index contributed by atoms with van der Waals surface area (Å²) in [4.78, 5) is 11.2. The Morgan fingerprint density at radius 2 is 1.81 bits per heavy atom. The Morgan fingerprint density at radius 1 is 1.19 bits per heavy atom. The maximum Gasteiger partial charge on any atom is 0.225 e. The molecule has 0 aliphatic carbocycles. The van der Waals surface area contributed by atoms with Gasteiger partial charge in [0.2, 0.25) is 5.95 Å². The Kier molecular flexibility index (Phi) is 2.39. The molecule has 2 unspecified atom stereocenters. The third-order valence-corrected chi connectivity index (χ3v) is 3.81. The molecule has 0 spiro atoms. The molecule has 16 heavy (non-hydrogen) atoms. The van der Waals surface area contributed by atoms with E-state index in [1.54, 1.807) is 5.57 Å². The monoisotopic (exact) mass is 215 g/mol. The van der Waals surface area contributed by atoms with Crippen LogP contribution < -0.4 is 4.90 Å². The molecule has 3 nitrogen and oxygen atoms in total. The van der Waals surface area contributed by atoms with E-state index in [2.05, 4.69) is 27.9 Å². The van der Waals surface area contributed by atoms with Gasteiger partial charge in [-0.15, -0.1) is 0 Å². The first kappa shape index (κ1) is 9.82. The molecule has 3 rings (SSSR count). The minimum absolute atomic E-state index is 0.632. The summed E-state index contributed by atoms with van der Waals surface area (Å²) in [5.41, 5.74) is 1.61. The van der Waals surface area contributed by atoms with E-state index in [-0.39, 0.29) is 0 Å². The van der Waals surface area contributed by atoms with Crippen LogP contribution in [0.4, 0.5) is 5.95 Å². The summed E-state index contributed by atoms with van der Waals surface area (Å²) in [6, 6.07) is 3.15. The zero-order valence-corrected chi connectivity index (χ0v) is 9.63. The Labute approximate surface area is 96.2 Å². The Balaban J connectivity index is 1.89. The zero-order valence-electron chi connectivity index (χ0n) is 9.63. The van der Waals surface area contributed by atoms with Crippen molar-refractivity contribution in [1.82, 2.24) is 9.97 Å². The van der Waals surface area contributed by atoms with Gasteiger partial charge >= 0.3 is 0 Å². The van der Waals surface area contributed by atoms with Crippen LogP contribution in [0.2, 0.25) is 0 Å². The highest BCUT2D eigenvalue weighted by atomic mass is 15.3. The van der Waals surface area contributed by atoms with Crippen LogP contribution in [0.15, 0.2) is 30.1 Å². The first-order valence-corrected chi connectivity index (χ1v) is 6.08. The quantitative estimate of drug-likeness (QED) is 0.674. The molecule has 0 aromatic carbocycles. The molecular weight excluding hydrogens is 198 g/mol. The summed E-state index contributed by atoms with van der Waals surface area (Å²) in [7, 11) is 0. The molecule has 0 amide bonds. The number of aromatic nitrogens is 2. The van der Waals surface area contributed by atoms with Gasteiger partial charge in [0.1, 0.15) is 0 Å². The molecule has 3 heteroatoms. The summed E-state index contributed by atoms with van der Waals surface area (Å²) in [6.07, 6.45) is 10.9. The van der Waals surface area contributed by atoms with Crippen molar-refractivity contribution in [2.45, 2.75) is 44.7 Å². The maximum atomic E-state index is 4.39. The number of hydrogen-bond acceptors (Lipinski definition) is 3. The normalized spacial score (nSPS) is 28.3. The van der Waals surface area contributed by atoms with E-state index >= 15 is 0 Å². The molecule has 2 fully saturated rings. The van der Waals surface area contributed by atoms with Crippen LogP contribution in [0, 0.1) is 0 Å². The van der Waals surface area contributed by atoms with Crippen molar-refractivity contribution in [3.05, 3.63) is 30.1 Å². The summed E-state index contributed by atoms with van der Waals surface area (Å²) in [6.45, 7) is 2.16. The molecule has 1 aromatic heterocycles. The van der Waals surface area contributed by atoms with Crippen molar-refractivity contribution >= 4 is 5.95 Å². The number of allylic oxidation sites excluding steroid dienone is 1. The smallest absolute Gasteiger partial charge is 0.225 e. The van der Waals surface area contributed by atoms with E-state index < -0.39 is 0 Å². The van der Waals surface area contributed by atoms with Gasteiger partial charge in [-0.05, 0) is 38.7 Å². The second-order valence-electron chi connectivity index (χ2n) is 4.70. The van der Waals surface area contributed by atoms with E-state index in [4.69, 9.17) is 0 Å². The van der Waals surface area contributed by atoms with Crippen LogP contribution >= 0.6 is 0 Å². The third-order valence-electron chi connectivity index (χ3n) is 3.81. The number of piperidine rings is 1. The number of fused-ring (bicyclic) bond motifs is 2. The van der Waals surface area contributed by atoms with E-state index in [0.29, 0.717) is 12.1 Å². The molecule has 1 aromatic rings. The molecule has 2 saturated heterocycles. The lowest BCUT2D eigenvalue weighted by molar-refractivity contribution is 0.537. The lowest BCUT2D eigenvalue weighted by Gasteiger charge is -2.36. The predicted octanol–water partition coefficient (Wildman–Crippen LogP) is 2.55. The number of nitrogens with zero attached hydrogens (tertiary/aromatic N) is 3. The molecule has 3 heterocycles. The fraction of sp³-hybridized carbons (Fsp3) is 0.538. The van der Waals surface area contributed by atoms with Crippen LogP contribution in [-0.4, -0.2) is 22.1 Å². The maximum absolute atomic E-state index is 4.39. The molecule has 2 aliphatic rings. The van der Waals surface area contributed by atoms with Crippen LogP contribution in [-0.2, 0) is 0 Å². The molecule has 2 bridgehead atoms. The van der Waals surface area contributed by atoms with Crippen molar-refractivity contribution in [3.8, 4) is 0 Å². The summed E-state index contributed by atoms with van der Waals surface area (Å²) >= 11 is 0. The third kappa shape index (κ3) is 1.51. The predicted molar refractivity (Wildman–Crippen MR) is 64.3 cm³/mol. The SMILES string of the molecule is CC=C1CC2CCC(C1)N2c1ncccn1. The first-order valence-electron chi connectivity index (χ1n) is 6.08. The largest absolute Gasteiger partial charge is 0.334 e. The van der Waals surface area contributed by atoms with Gasteiger partial charge in [-0.3, -0.25) is 0 Å². The van der Waals surface area contributed by atoms with E-state index in [0.717, 1.165) is 5.95 Å². The van der Waals surface area contributed by atoms with Gasteiger partial charge in [0.25, 0.3) is 0 Å². The first-order chi connectivity index (χ1) is 7.88. The van der Waals surface area contributed by atoms with Gasteiger partial charge in [-0.25, -0.2) is 9.97 Å². The van der Waals surface area contributed by atoms with Crippen molar-refractivity contribution in [1.29, 1.82) is 0 Å². The minimum atomic E-state index is 0.632. The van der Waals surface area contributed by atoms with Gasteiger partial charge in [0.15, 0.2) is 0 Å². The fourth-order valence-electron chi connectivity index (χ4n) is 3.04. The van der Waals surface area contributed by atoms with E-state index in [1.807, 2.05) is 18.5 Å². The van der Waals surface area contributed by atoms with Gasteiger partial charge < -0.3 is 4.90 Å². The summed E-state index contributed by atoms with van der Waals surface area (Å²) < 4.78 is 0. The summed E-state index contributed by atoms with van der Waals surface area (Å²) in [5.74, 6) is 0.921. The topological polar surface area (TPSA) is 29.0 Å². The van der Waals surface area contributed by atoms with Crippen LogP contribution in [0.5, 0.6) is 0 Å². The van der Waals surface area contributed by atoms with Gasteiger partial charge in [-0.2, -0.15) is 0 Å². The van der Waals surface area contributed by atoms with Gasteiger partial charge in [0.05, 0.1) is 0 Å². The minimum Gasteiger partial charge on any atom is -0.334 e. The average Bonchev–Trinajstić information content (AvgIpc) is 2.61. The van der Waals surface area contributed by atoms with Crippen LogP contribution in [0.1, 0.15) is 32.6 Å². The molecule has 2 aliphatic heterocycles. The highest BCUT2D eigenvalue weighted by Gasteiger charge is 2.39. The molecule has 0 N–H and O–H groups in total. The van der Waals surface area contributed by atoms with Gasteiger partial charge in [-0.1, -0.05) is 11.6 Å². The standard InChI is InChI=1S/C13H17N3/c1-2-10-8-11-4-5-12(9-10)16(11)13-14-6-3-7-15-13/h2-3,6-7,11-12H,4-5,8-9H2,1H3. The summed E-state index contributed by atoms with van der Waals surface area (Å²) in [5, 5.41) is 0. The molecule has 0 saturated carbocycles. The van der Waals surface area contributed by atoms with Crippen molar-refractivity contribution in [2.24, 2.45) is 0 Å². The number of hydrogen-bond donors (Lipinski definition) is 0. The average molecular weight is 215 g/mol. The van der Waals surface area contributed by atoms with E-state index in [1.165, 1.54) is 25.7 Å².